The molecular formula is C29H30N2O3Si. The van der Waals surface area contributed by atoms with Crippen molar-refractivity contribution in [3.05, 3.63) is 82.4 Å². The van der Waals surface area contributed by atoms with E-state index in [1.807, 2.05) is 12.1 Å². The first-order chi connectivity index (χ1) is 16.9. The molecule has 0 radical (unpaired) electrons. The standard InChI is InChI=1S/C29H30N2O3Si/c1-35(2)26-16-21(30-11-3-12-30)7-9-23(26)29(24-10-8-22(17-27(24)35)31-13-4-14-31)25-15-19(28(32)33)5-6-20(25)18-34-29/h5-10,15-17H,3-4,11-14,18H2,1-2H3,(H,32,33). The number of nitrogens with zero attached hydrogens (tertiary/aromatic N) is 2. The zero-order valence-corrected chi connectivity index (χ0v) is 21.3. The van der Waals surface area contributed by atoms with Gasteiger partial charge in [-0.05, 0) is 81.9 Å². The molecule has 4 heterocycles. The minimum atomic E-state index is -2.06. The van der Waals surface area contributed by atoms with Gasteiger partial charge in [-0.25, -0.2) is 4.79 Å². The van der Waals surface area contributed by atoms with Crippen molar-refractivity contribution in [2.75, 3.05) is 36.0 Å². The van der Waals surface area contributed by atoms with Crippen molar-refractivity contribution in [1.29, 1.82) is 0 Å². The number of hydrogen-bond donors (Lipinski definition) is 1. The summed E-state index contributed by atoms with van der Waals surface area (Å²) < 4.78 is 6.82. The summed E-state index contributed by atoms with van der Waals surface area (Å²) in [5.41, 5.74) is 6.59. The van der Waals surface area contributed by atoms with E-state index < -0.39 is 19.6 Å². The van der Waals surface area contributed by atoms with Crippen LogP contribution in [-0.4, -0.2) is 45.3 Å². The summed E-state index contributed by atoms with van der Waals surface area (Å²) in [6.45, 7) is 9.86. The summed E-state index contributed by atoms with van der Waals surface area (Å²) in [6, 6.07) is 19.4. The number of benzene rings is 3. The van der Waals surface area contributed by atoms with Crippen molar-refractivity contribution in [3.8, 4) is 0 Å². The van der Waals surface area contributed by atoms with Crippen LogP contribution in [0.25, 0.3) is 0 Å². The highest BCUT2D eigenvalue weighted by atomic mass is 28.3. The zero-order valence-electron chi connectivity index (χ0n) is 20.3. The van der Waals surface area contributed by atoms with Gasteiger partial charge in [0, 0.05) is 37.6 Å². The van der Waals surface area contributed by atoms with Crippen LogP contribution in [0.2, 0.25) is 13.1 Å². The Morgan fingerprint density at radius 3 is 1.89 bits per heavy atom. The maximum absolute atomic E-state index is 11.9. The molecule has 0 atom stereocenters. The monoisotopic (exact) mass is 482 g/mol. The minimum absolute atomic E-state index is 0.313. The maximum Gasteiger partial charge on any atom is 0.335 e. The van der Waals surface area contributed by atoms with Crippen molar-refractivity contribution in [2.24, 2.45) is 0 Å². The fourth-order valence-electron chi connectivity index (χ4n) is 6.42. The van der Waals surface area contributed by atoms with E-state index >= 15 is 0 Å². The van der Waals surface area contributed by atoms with Gasteiger partial charge in [0.15, 0.2) is 0 Å². The molecule has 0 aliphatic carbocycles. The summed E-state index contributed by atoms with van der Waals surface area (Å²) in [7, 11) is -2.06. The molecule has 0 unspecified atom stereocenters. The quantitative estimate of drug-likeness (QED) is 0.576. The van der Waals surface area contributed by atoms with E-state index in [0.717, 1.165) is 37.3 Å². The maximum atomic E-state index is 11.9. The van der Waals surface area contributed by atoms with Crippen LogP contribution in [0.15, 0.2) is 54.6 Å². The van der Waals surface area contributed by atoms with Crippen molar-refractivity contribution in [2.45, 2.75) is 38.1 Å². The van der Waals surface area contributed by atoms with Gasteiger partial charge in [0.1, 0.15) is 13.7 Å². The molecule has 3 aromatic carbocycles. The number of ether oxygens (including phenoxy) is 1. The van der Waals surface area contributed by atoms with Crippen LogP contribution in [0.5, 0.6) is 0 Å². The Morgan fingerprint density at radius 1 is 0.829 bits per heavy atom. The number of aromatic carboxylic acids is 1. The van der Waals surface area contributed by atoms with Gasteiger partial charge < -0.3 is 19.6 Å². The molecule has 0 bridgehead atoms. The van der Waals surface area contributed by atoms with Gasteiger partial charge in [-0.15, -0.1) is 0 Å². The molecule has 7 rings (SSSR count). The van der Waals surface area contributed by atoms with Gasteiger partial charge in [-0.2, -0.15) is 0 Å². The lowest BCUT2D eigenvalue weighted by atomic mass is 9.78. The second-order valence-corrected chi connectivity index (χ2v) is 15.2. The molecular weight excluding hydrogens is 452 g/mol. The smallest absolute Gasteiger partial charge is 0.335 e. The summed E-state index contributed by atoms with van der Waals surface area (Å²) in [5, 5.41) is 12.6. The fraction of sp³-hybridized carbons (Fsp3) is 0.345. The Kier molecular flexibility index (Phi) is 4.37. The average molecular weight is 483 g/mol. The van der Waals surface area contributed by atoms with E-state index in [0.29, 0.717) is 12.2 Å². The van der Waals surface area contributed by atoms with E-state index in [4.69, 9.17) is 4.74 Å². The summed E-state index contributed by atoms with van der Waals surface area (Å²) >= 11 is 0. The third kappa shape index (κ3) is 2.81. The van der Waals surface area contributed by atoms with Gasteiger partial charge >= 0.3 is 5.97 Å². The normalized spacial score (nSPS) is 20.5. The molecule has 35 heavy (non-hydrogen) atoms. The van der Waals surface area contributed by atoms with Crippen molar-refractivity contribution < 1.29 is 14.6 Å². The highest BCUT2D eigenvalue weighted by Gasteiger charge is 2.53. The largest absolute Gasteiger partial charge is 0.478 e. The van der Waals surface area contributed by atoms with Crippen LogP contribution < -0.4 is 20.2 Å². The molecule has 178 valence electrons. The highest BCUT2D eigenvalue weighted by molar-refractivity contribution is 7.01. The molecule has 3 aromatic rings. The number of carbonyl (C=O) groups is 1. The molecule has 5 nitrogen and oxygen atoms in total. The molecule has 4 aliphatic rings. The van der Waals surface area contributed by atoms with Crippen LogP contribution in [0.4, 0.5) is 11.4 Å². The van der Waals surface area contributed by atoms with E-state index in [9.17, 15) is 9.90 Å². The second kappa shape index (κ2) is 7.21. The van der Waals surface area contributed by atoms with Gasteiger partial charge in [-0.3, -0.25) is 0 Å². The molecule has 4 aliphatic heterocycles. The molecule has 6 heteroatoms. The third-order valence-electron chi connectivity index (χ3n) is 8.73. The van der Waals surface area contributed by atoms with Crippen LogP contribution in [0, 0.1) is 0 Å². The molecule has 0 aromatic heterocycles. The van der Waals surface area contributed by atoms with Gasteiger partial charge in [0.2, 0.25) is 0 Å². The number of carboxylic acid groups (broad SMARTS) is 1. The Morgan fingerprint density at radius 2 is 1.40 bits per heavy atom. The first-order valence-corrected chi connectivity index (χ1v) is 15.7. The third-order valence-corrected chi connectivity index (χ3v) is 12.3. The number of carboxylic acids is 1. The summed E-state index contributed by atoms with van der Waals surface area (Å²) in [4.78, 5) is 16.8. The lowest BCUT2D eigenvalue weighted by Gasteiger charge is -2.46. The lowest BCUT2D eigenvalue weighted by molar-refractivity contribution is 0.0276. The van der Waals surface area contributed by atoms with Gasteiger partial charge in [-0.1, -0.05) is 31.3 Å². The van der Waals surface area contributed by atoms with E-state index in [2.05, 4.69) is 59.3 Å². The van der Waals surface area contributed by atoms with Crippen LogP contribution >= 0.6 is 0 Å². The first kappa shape index (κ1) is 21.2. The van der Waals surface area contributed by atoms with Crippen LogP contribution in [0.3, 0.4) is 0 Å². The lowest BCUT2D eigenvalue weighted by Crippen LogP contribution is -2.63. The number of hydrogen-bond acceptors (Lipinski definition) is 4. The topological polar surface area (TPSA) is 53.0 Å². The van der Waals surface area contributed by atoms with Gasteiger partial charge in [0.25, 0.3) is 0 Å². The molecule has 1 spiro atoms. The number of anilines is 2. The Bertz CT molecular complexity index is 1320. The highest BCUT2D eigenvalue weighted by Crippen LogP contribution is 2.49. The predicted molar refractivity (Wildman–Crippen MR) is 141 cm³/mol. The van der Waals surface area contributed by atoms with Gasteiger partial charge in [0.05, 0.1) is 12.2 Å². The van der Waals surface area contributed by atoms with E-state index in [1.165, 1.54) is 45.7 Å². The molecule has 2 saturated heterocycles. The fourth-order valence-corrected chi connectivity index (χ4v) is 9.59. The van der Waals surface area contributed by atoms with Crippen molar-refractivity contribution in [1.82, 2.24) is 0 Å². The van der Waals surface area contributed by atoms with E-state index in [1.54, 1.807) is 6.07 Å². The molecule has 1 N–H and O–H groups in total. The minimum Gasteiger partial charge on any atom is -0.478 e. The van der Waals surface area contributed by atoms with Crippen LogP contribution in [0.1, 0.15) is 45.5 Å². The van der Waals surface area contributed by atoms with Crippen molar-refractivity contribution in [3.63, 3.8) is 0 Å². The molecule has 0 amide bonds. The van der Waals surface area contributed by atoms with Crippen molar-refractivity contribution >= 4 is 35.8 Å². The first-order valence-electron chi connectivity index (χ1n) is 12.7. The second-order valence-electron chi connectivity index (χ2n) is 10.9. The molecule has 2 fully saturated rings. The summed E-state index contributed by atoms with van der Waals surface area (Å²) in [5.74, 6) is -0.901. The predicted octanol–water partition coefficient (Wildman–Crippen LogP) is 3.76. The average Bonchev–Trinajstić information content (AvgIpc) is 3.15. The molecule has 0 saturated carbocycles. The Labute approximate surface area is 207 Å². The number of fused-ring (bicyclic) bond motifs is 6. The Hall–Kier alpha value is -3.09. The SMILES string of the molecule is C[Si]1(C)c2cc(N3CCC3)ccc2C2(OCc3ccc(C(=O)O)cc32)c2ccc(N3CCC3)cc21. The zero-order chi connectivity index (χ0) is 23.9. The summed E-state index contributed by atoms with van der Waals surface area (Å²) in [6.07, 6.45) is 2.50. The Balaban J connectivity index is 1.52. The van der Waals surface area contributed by atoms with Crippen LogP contribution in [-0.2, 0) is 16.9 Å². The van der Waals surface area contributed by atoms with E-state index in [-0.39, 0.29) is 0 Å². The number of rotatable bonds is 3.